The fourth-order valence-corrected chi connectivity index (χ4v) is 3.45. The van der Waals surface area contributed by atoms with E-state index < -0.39 is 17.8 Å². The number of ether oxygens (including phenoxy) is 3. The van der Waals surface area contributed by atoms with Gasteiger partial charge in [-0.3, -0.25) is 9.59 Å². The Labute approximate surface area is 189 Å². The minimum atomic E-state index is -0.973. The van der Waals surface area contributed by atoms with Crippen LogP contribution in [0.3, 0.4) is 0 Å². The van der Waals surface area contributed by atoms with Crippen LogP contribution in [0.2, 0.25) is 0 Å². The standard InChI is InChI=1S/C25H33NO6/c1-26(13-14-31-19-32-16-15-30-2)24(27)22(17-20-9-5-3-6-10-20)23(25(28)29)18-21-11-7-4-8-12-21/h3-12,22-23H,13-19H2,1-2H3,(H,28,29)/t22?,23-/m1/s1. The predicted molar refractivity (Wildman–Crippen MR) is 121 cm³/mol. The molecule has 0 aliphatic carbocycles. The van der Waals surface area contributed by atoms with Crippen LogP contribution in [0.25, 0.3) is 0 Å². The summed E-state index contributed by atoms with van der Waals surface area (Å²) in [4.78, 5) is 27.1. The van der Waals surface area contributed by atoms with E-state index in [1.165, 1.54) is 0 Å². The molecular weight excluding hydrogens is 410 g/mol. The molecule has 7 nitrogen and oxygen atoms in total. The molecule has 0 aliphatic rings. The summed E-state index contributed by atoms with van der Waals surface area (Å²) in [6.45, 7) is 1.68. The molecule has 174 valence electrons. The normalized spacial score (nSPS) is 12.8. The van der Waals surface area contributed by atoms with Crippen molar-refractivity contribution in [3.63, 3.8) is 0 Å². The van der Waals surface area contributed by atoms with Crippen LogP contribution in [-0.4, -0.2) is 69.2 Å². The van der Waals surface area contributed by atoms with Gasteiger partial charge >= 0.3 is 5.97 Å². The zero-order valence-corrected chi connectivity index (χ0v) is 18.8. The van der Waals surface area contributed by atoms with E-state index in [1.54, 1.807) is 19.1 Å². The van der Waals surface area contributed by atoms with Gasteiger partial charge in [-0.1, -0.05) is 60.7 Å². The second kappa shape index (κ2) is 14.3. The van der Waals surface area contributed by atoms with Gasteiger partial charge in [-0.15, -0.1) is 0 Å². The first-order valence-corrected chi connectivity index (χ1v) is 10.7. The van der Waals surface area contributed by atoms with E-state index in [0.717, 1.165) is 11.1 Å². The summed E-state index contributed by atoms with van der Waals surface area (Å²) in [7, 11) is 3.27. The first kappa shape index (κ1) is 25.5. The molecule has 0 bridgehead atoms. The molecule has 2 rings (SSSR count). The van der Waals surface area contributed by atoms with Crippen LogP contribution >= 0.6 is 0 Å². The van der Waals surface area contributed by atoms with Gasteiger partial charge in [0.25, 0.3) is 0 Å². The van der Waals surface area contributed by atoms with Gasteiger partial charge in [0.1, 0.15) is 6.79 Å². The molecule has 1 unspecified atom stereocenters. The highest BCUT2D eigenvalue weighted by Crippen LogP contribution is 2.24. The lowest BCUT2D eigenvalue weighted by atomic mass is 9.81. The Balaban J connectivity index is 2.07. The third kappa shape index (κ3) is 8.78. The van der Waals surface area contributed by atoms with Crippen LogP contribution in [0.1, 0.15) is 11.1 Å². The third-order valence-electron chi connectivity index (χ3n) is 5.26. The number of carbonyl (C=O) groups excluding carboxylic acids is 1. The summed E-state index contributed by atoms with van der Waals surface area (Å²) in [6, 6.07) is 18.9. The third-order valence-corrected chi connectivity index (χ3v) is 5.26. The Morgan fingerprint density at radius 1 is 0.844 bits per heavy atom. The number of amides is 1. The summed E-state index contributed by atoms with van der Waals surface area (Å²) in [5.74, 6) is -2.72. The first-order valence-electron chi connectivity index (χ1n) is 10.7. The minimum Gasteiger partial charge on any atom is -0.481 e. The van der Waals surface area contributed by atoms with Gasteiger partial charge in [0.2, 0.25) is 5.91 Å². The molecule has 1 amide bonds. The number of carbonyl (C=O) groups is 2. The summed E-state index contributed by atoms with van der Waals surface area (Å²) in [5.41, 5.74) is 1.83. The molecular formula is C25H33NO6. The average Bonchev–Trinajstić information content (AvgIpc) is 2.81. The maximum absolute atomic E-state index is 13.3. The Kier molecular flexibility index (Phi) is 11.4. The van der Waals surface area contributed by atoms with Gasteiger partial charge in [-0.2, -0.15) is 0 Å². The average molecular weight is 444 g/mol. The molecule has 2 atom stereocenters. The van der Waals surface area contributed by atoms with Crippen molar-refractivity contribution in [2.24, 2.45) is 11.8 Å². The highest BCUT2D eigenvalue weighted by atomic mass is 16.7. The van der Waals surface area contributed by atoms with E-state index >= 15 is 0 Å². The van der Waals surface area contributed by atoms with Crippen molar-refractivity contribution in [1.82, 2.24) is 4.90 Å². The fraction of sp³-hybridized carbons (Fsp3) is 0.440. The maximum atomic E-state index is 13.3. The van der Waals surface area contributed by atoms with Crippen LogP contribution in [0, 0.1) is 11.8 Å². The minimum absolute atomic E-state index is 0.116. The Morgan fingerprint density at radius 2 is 1.38 bits per heavy atom. The molecule has 2 aromatic rings. The molecule has 0 spiro atoms. The number of carboxylic acids is 1. The Bertz CT molecular complexity index is 799. The predicted octanol–water partition coefficient (Wildman–Crippen LogP) is 2.88. The Morgan fingerprint density at radius 3 is 1.91 bits per heavy atom. The van der Waals surface area contributed by atoms with E-state index in [-0.39, 0.29) is 19.1 Å². The van der Waals surface area contributed by atoms with Crippen LogP contribution in [0.5, 0.6) is 0 Å². The van der Waals surface area contributed by atoms with Gasteiger partial charge in [-0.05, 0) is 24.0 Å². The second-order valence-corrected chi connectivity index (χ2v) is 7.62. The number of hydrogen-bond acceptors (Lipinski definition) is 5. The largest absolute Gasteiger partial charge is 0.481 e. The van der Waals surface area contributed by atoms with Crippen LogP contribution in [-0.2, 0) is 36.6 Å². The quantitative estimate of drug-likeness (QED) is 0.337. The topological polar surface area (TPSA) is 85.3 Å². The van der Waals surface area contributed by atoms with Crippen molar-refractivity contribution in [2.45, 2.75) is 12.8 Å². The Hall–Kier alpha value is -2.74. The van der Waals surface area contributed by atoms with Crippen molar-refractivity contribution in [1.29, 1.82) is 0 Å². The monoisotopic (exact) mass is 443 g/mol. The lowest BCUT2D eigenvalue weighted by molar-refractivity contribution is -0.150. The fourth-order valence-electron chi connectivity index (χ4n) is 3.45. The maximum Gasteiger partial charge on any atom is 0.307 e. The number of benzene rings is 2. The van der Waals surface area contributed by atoms with Crippen LogP contribution < -0.4 is 0 Å². The van der Waals surface area contributed by atoms with Gasteiger partial charge < -0.3 is 24.2 Å². The van der Waals surface area contributed by atoms with Gasteiger partial charge in [0, 0.05) is 20.7 Å². The second-order valence-electron chi connectivity index (χ2n) is 7.62. The zero-order valence-electron chi connectivity index (χ0n) is 18.8. The number of nitrogens with zero attached hydrogens (tertiary/aromatic N) is 1. The van der Waals surface area contributed by atoms with Crippen molar-refractivity contribution in [3.8, 4) is 0 Å². The van der Waals surface area contributed by atoms with E-state index in [2.05, 4.69) is 0 Å². The summed E-state index contributed by atoms with van der Waals surface area (Å²) >= 11 is 0. The zero-order chi connectivity index (χ0) is 23.2. The highest BCUT2D eigenvalue weighted by molar-refractivity contribution is 5.85. The molecule has 0 saturated carbocycles. The molecule has 2 aromatic carbocycles. The van der Waals surface area contributed by atoms with Crippen molar-refractivity contribution >= 4 is 11.9 Å². The molecule has 0 saturated heterocycles. The van der Waals surface area contributed by atoms with Crippen molar-refractivity contribution in [3.05, 3.63) is 71.8 Å². The lowest BCUT2D eigenvalue weighted by Gasteiger charge is -2.28. The van der Waals surface area contributed by atoms with E-state index in [0.29, 0.717) is 32.8 Å². The lowest BCUT2D eigenvalue weighted by Crippen LogP contribution is -2.42. The molecule has 0 aromatic heterocycles. The molecule has 0 aliphatic heterocycles. The molecule has 0 radical (unpaired) electrons. The van der Waals surface area contributed by atoms with Crippen LogP contribution in [0.4, 0.5) is 0 Å². The summed E-state index contributed by atoms with van der Waals surface area (Å²) in [5, 5.41) is 10.0. The smallest absolute Gasteiger partial charge is 0.307 e. The number of methoxy groups -OCH3 is 1. The molecule has 7 heteroatoms. The van der Waals surface area contributed by atoms with Crippen molar-refractivity contribution < 1.29 is 28.9 Å². The number of likely N-dealkylation sites (N-methyl/N-ethyl adjacent to an activating group) is 1. The van der Waals surface area contributed by atoms with E-state index in [4.69, 9.17) is 14.2 Å². The first-order chi connectivity index (χ1) is 15.5. The molecule has 0 heterocycles. The number of rotatable bonds is 15. The number of hydrogen-bond donors (Lipinski definition) is 1. The van der Waals surface area contributed by atoms with Gasteiger partial charge in [0.15, 0.2) is 0 Å². The SMILES string of the molecule is COCCOCOCCN(C)C(=O)C(Cc1ccccc1)[C@@H](Cc1ccccc1)C(=O)O. The van der Waals surface area contributed by atoms with E-state index in [9.17, 15) is 14.7 Å². The van der Waals surface area contributed by atoms with Crippen LogP contribution in [0.15, 0.2) is 60.7 Å². The van der Waals surface area contributed by atoms with Crippen molar-refractivity contribution in [2.75, 3.05) is 47.3 Å². The molecule has 32 heavy (non-hydrogen) atoms. The number of carboxylic acid groups (broad SMARTS) is 1. The van der Waals surface area contributed by atoms with E-state index in [1.807, 2.05) is 60.7 Å². The van der Waals surface area contributed by atoms with Gasteiger partial charge in [0.05, 0.1) is 31.7 Å². The molecule has 1 N–H and O–H groups in total. The number of aliphatic carboxylic acids is 1. The van der Waals surface area contributed by atoms with Gasteiger partial charge in [-0.25, -0.2) is 0 Å². The summed E-state index contributed by atoms with van der Waals surface area (Å²) in [6.07, 6.45) is 0.645. The molecule has 0 fully saturated rings. The highest BCUT2D eigenvalue weighted by Gasteiger charge is 2.35. The summed E-state index contributed by atoms with van der Waals surface area (Å²) < 4.78 is 15.6.